The van der Waals surface area contributed by atoms with Crippen molar-refractivity contribution < 1.29 is 14.1 Å². The number of anilines is 2. The first-order valence-corrected chi connectivity index (χ1v) is 10.7. The normalized spacial score (nSPS) is 15.2. The van der Waals surface area contributed by atoms with Gasteiger partial charge < -0.3 is 20.3 Å². The fraction of sp³-hybridized carbons (Fsp3) is 0.300. The third-order valence-corrected chi connectivity index (χ3v) is 6.50. The van der Waals surface area contributed by atoms with Crippen molar-refractivity contribution in [3.05, 3.63) is 41.0 Å². The number of aromatic nitrogens is 6. The lowest BCUT2D eigenvalue weighted by atomic mass is 10.1. The molecule has 0 bridgehead atoms. The third-order valence-electron chi connectivity index (χ3n) is 5.31. The van der Waals surface area contributed by atoms with Gasteiger partial charge in [-0.15, -0.1) is 0 Å². The van der Waals surface area contributed by atoms with Crippen LogP contribution in [-0.4, -0.2) is 48.2 Å². The Labute approximate surface area is 186 Å². The van der Waals surface area contributed by atoms with Crippen LogP contribution in [0.25, 0.3) is 11.0 Å². The summed E-state index contributed by atoms with van der Waals surface area (Å²) in [5.41, 5.74) is 10.1. The monoisotopic (exact) mass is 452 g/mol. The van der Waals surface area contributed by atoms with Crippen LogP contribution in [0, 0.1) is 13.8 Å². The number of aryl methyl sites for hydroxylation is 1. The summed E-state index contributed by atoms with van der Waals surface area (Å²) in [6, 6.07) is 1.58. The molecule has 0 aromatic carbocycles. The predicted octanol–water partition coefficient (Wildman–Crippen LogP) is 2.12. The number of nitrogens with zero attached hydrogens (tertiary/aromatic N) is 6. The van der Waals surface area contributed by atoms with Crippen molar-refractivity contribution in [2.45, 2.75) is 37.1 Å². The number of rotatable bonds is 5. The van der Waals surface area contributed by atoms with E-state index >= 15 is 0 Å². The van der Waals surface area contributed by atoms with E-state index in [0.717, 1.165) is 33.7 Å². The van der Waals surface area contributed by atoms with Crippen LogP contribution < -0.4 is 15.8 Å². The Morgan fingerprint density at radius 1 is 1.41 bits per heavy atom. The van der Waals surface area contributed by atoms with Gasteiger partial charge in [-0.2, -0.15) is 10.1 Å². The molecule has 0 saturated carbocycles. The van der Waals surface area contributed by atoms with Gasteiger partial charge in [0, 0.05) is 29.8 Å². The van der Waals surface area contributed by atoms with Crippen LogP contribution in [0.1, 0.15) is 22.5 Å². The van der Waals surface area contributed by atoms with E-state index in [-0.39, 0.29) is 11.9 Å². The number of pyridine rings is 1. The van der Waals surface area contributed by atoms with E-state index in [9.17, 15) is 4.79 Å². The van der Waals surface area contributed by atoms with Gasteiger partial charge in [0.1, 0.15) is 17.0 Å². The minimum atomic E-state index is -0.445. The lowest BCUT2D eigenvalue weighted by Gasteiger charge is -2.18. The van der Waals surface area contributed by atoms with Gasteiger partial charge in [-0.05, 0) is 13.8 Å². The zero-order valence-corrected chi connectivity index (χ0v) is 18.4. The van der Waals surface area contributed by atoms with Crippen molar-refractivity contribution >= 4 is 40.5 Å². The maximum absolute atomic E-state index is 12.8. The van der Waals surface area contributed by atoms with E-state index in [1.165, 1.54) is 18.0 Å². The van der Waals surface area contributed by atoms with Gasteiger partial charge in [0.25, 0.3) is 0 Å². The van der Waals surface area contributed by atoms with E-state index in [0.29, 0.717) is 29.5 Å². The molecule has 1 atom stereocenters. The van der Waals surface area contributed by atoms with Crippen molar-refractivity contribution in [3.8, 4) is 5.75 Å². The Bertz CT molecular complexity index is 1330. The number of hydrogen-bond acceptors (Lipinski definition) is 10. The van der Waals surface area contributed by atoms with Crippen LogP contribution in [0.4, 0.5) is 11.8 Å². The highest BCUT2D eigenvalue weighted by molar-refractivity contribution is 8.00. The molecular formula is C20H20N8O3S. The quantitative estimate of drug-likeness (QED) is 0.431. The first-order chi connectivity index (χ1) is 15.4. The number of nitrogens with one attached hydrogen (secondary N) is 1. The van der Waals surface area contributed by atoms with Gasteiger partial charge in [-0.3, -0.25) is 9.78 Å². The maximum Gasteiger partial charge on any atom is 0.239 e. The highest BCUT2D eigenvalue weighted by Crippen LogP contribution is 2.39. The molecule has 3 N–H and O–H groups in total. The second kappa shape index (κ2) is 7.79. The second-order valence-electron chi connectivity index (χ2n) is 7.42. The first kappa shape index (κ1) is 20.2. The number of amides is 1. The lowest BCUT2D eigenvalue weighted by Crippen LogP contribution is -2.29. The maximum atomic E-state index is 12.8. The molecule has 1 amide bonds. The molecule has 1 unspecified atom stereocenters. The molecule has 4 aromatic rings. The van der Waals surface area contributed by atoms with E-state index in [2.05, 4.69) is 25.4 Å². The molecule has 0 saturated heterocycles. The van der Waals surface area contributed by atoms with Gasteiger partial charge in [0.05, 0.1) is 35.7 Å². The topological polar surface area (TPSA) is 147 Å². The van der Waals surface area contributed by atoms with Crippen LogP contribution >= 0.6 is 11.8 Å². The highest BCUT2D eigenvalue weighted by atomic mass is 32.2. The zero-order chi connectivity index (χ0) is 22.4. The molecule has 11 nitrogen and oxygen atoms in total. The summed E-state index contributed by atoms with van der Waals surface area (Å²) < 4.78 is 12.1. The van der Waals surface area contributed by atoms with Crippen LogP contribution in [-0.2, 0) is 17.8 Å². The Balaban J connectivity index is 1.51. The van der Waals surface area contributed by atoms with Crippen LogP contribution in [0.5, 0.6) is 5.75 Å². The standard InChI is InChI=1S/C20H20N8O3S/c1-9-7-22-12(10(2)16(9)30-3)8-28-17-15-11(26-28)6-13(32-19(15)25-20(21)24-17)18(29)23-14-4-5-31-27-14/h4-5,7,13H,6,8H2,1-3H3,(H2,21,24,25)(H,23,27,29). The number of nitrogen functional groups attached to an aromatic ring is 1. The summed E-state index contributed by atoms with van der Waals surface area (Å²) in [7, 11) is 1.64. The number of hydrogen-bond donors (Lipinski definition) is 2. The minimum absolute atomic E-state index is 0.122. The molecule has 1 aliphatic heterocycles. The Morgan fingerprint density at radius 2 is 2.25 bits per heavy atom. The SMILES string of the molecule is COc1c(C)cnc(Cn2nc3c4c(nc(N)nc42)SC(C(=O)Nc2ccon2)C3)c1C. The van der Waals surface area contributed by atoms with Gasteiger partial charge in [-0.1, -0.05) is 16.9 Å². The van der Waals surface area contributed by atoms with E-state index in [1.54, 1.807) is 24.1 Å². The van der Waals surface area contributed by atoms with Crippen molar-refractivity contribution in [1.29, 1.82) is 0 Å². The van der Waals surface area contributed by atoms with Gasteiger partial charge in [0.2, 0.25) is 11.9 Å². The number of ether oxygens (including phenoxy) is 1. The van der Waals surface area contributed by atoms with Crippen LogP contribution in [0.3, 0.4) is 0 Å². The summed E-state index contributed by atoms with van der Waals surface area (Å²) in [5, 5.41) is 12.2. The van der Waals surface area contributed by atoms with Crippen LogP contribution in [0.15, 0.2) is 28.1 Å². The highest BCUT2D eigenvalue weighted by Gasteiger charge is 2.32. The molecule has 0 spiro atoms. The number of carbonyl (C=O) groups is 1. The van der Waals surface area contributed by atoms with Gasteiger partial charge >= 0.3 is 0 Å². The first-order valence-electron chi connectivity index (χ1n) is 9.84. The number of thioether (sulfide) groups is 1. The van der Waals surface area contributed by atoms with E-state index in [4.69, 9.17) is 20.1 Å². The molecule has 5 heterocycles. The number of carbonyl (C=O) groups excluding carboxylic acids is 1. The van der Waals surface area contributed by atoms with Gasteiger partial charge in [0.15, 0.2) is 11.5 Å². The Morgan fingerprint density at radius 3 is 3.00 bits per heavy atom. The Hall–Kier alpha value is -3.67. The second-order valence-corrected chi connectivity index (χ2v) is 8.61. The summed E-state index contributed by atoms with van der Waals surface area (Å²) >= 11 is 1.33. The van der Waals surface area contributed by atoms with Crippen molar-refractivity contribution in [2.75, 3.05) is 18.2 Å². The third kappa shape index (κ3) is 3.42. The fourth-order valence-corrected chi connectivity index (χ4v) is 4.97. The number of methoxy groups -OCH3 is 1. The average Bonchev–Trinajstić information content (AvgIpc) is 3.39. The summed E-state index contributed by atoms with van der Waals surface area (Å²) in [4.78, 5) is 26.1. The molecule has 12 heteroatoms. The molecule has 0 fully saturated rings. The van der Waals surface area contributed by atoms with Crippen LogP contribution in [0.2, 0.25) is 0 Å². The molecule has 164 valence electrons. The summed E-state index contributed by atoms with van der Waals surface area (Å²) in [5.74, 6) is 1.06. The molecule has 1 aliphatic rings. The zero-order valence-electron chi connectivity index (χ0n) is 17.6. The largest absolute Gasteiger partial charge is 0.496 e. The van der Waals surface area contributed by atoms with Gasteiger partial charge in [-0.25, -0.2) is 9.67 Å². The molecule has 4 aromatic heterocycles. The predicted molar refractivity (Wildman–Crippen MR) is 118 cm³/mol. The van der Waals surface area contributed by atoms with E-state index in [1.807, 2.05) is 13.8 Å². The Kier molecular flexibility index (Phi) is 4.93. The molecule has 0 radical (unpaired) electrons. The smallest absolute Gasteiger partial charge is 0.239 e. The van der Waals surface area contributed by atoms with Crippen molar-refractivity contribution in [3.63, 3.8) is 0 Å². The lowest BCUT2D eigenvalue weighted by molar-refractivity contribution is -0.115. The van der Waals surface area contributed by atoms with E-state index < -0.39 is 5.25 Å². The molecular weight excluding hydrogens is 432 g/mol. The molecule has 5 rings (SSSR count). The molecule has 0 aliphatic carbocycles. The summed E-state index contributed by atoms with van der Waals surface area (Å²) in [6.07, 6.45) is 3.59. The average molecular weight is 453 g/mol. The number of nitrogens with two attached hydrogens (primary N) is 1. The van der Waals surface area contributed by atoms with Crippen molar-refractivity contribution in [2.24, 2.45) is 0 Å². The minimum Gasteiger partial charge on any atom is -0.496 e. The van der Waals surface area contributed by atoms with Crippen molar-refractivity contribution in [1.82, 2.24) is 29.9 Å². The molecule has 32 heavy (non-hydrogen) atoms. The summed E-state index contributed by atoms with van der Waals surface area (Å²) in [6.45, 7) is 4.30. The fourth-order valence-electron chi connectivity index (χ4n) is 3.82.